The van der Waals surface area contributed by atoms with Crippen molar-refractivity contribution in [2.24, 2.45) is 0 Å². The zero-order valence-corrected chi connectivity index (χ0v) is 15.4. The molecule has 134 valence electrons. The first kappa shape index (κ1) is 18.6. The van der Waals surface area contributed by atoms with Gasteiger partial charge >= 0.3 is 0 Å². The number of nitrogens with one attached hydrogen (secondary N) is 1. The average Bonchev–Trinajstić information content (AvgIpc) is 2.56. The van der Waals surface area contributed by atoms with E-state index in [2.05, 4.69) is 32.2 Å². The molecule has 0 fully saturated rings. The largest absolute Gasteiger partial charge is 0.497 e. The number of amides is 1. The second-order valence-electron chi connectivity index (χ2n) is 6.98. The van der Waals surface area contributed by atoms with E-state index in [1.54, 1.807) is 32.2 Å². The summed E-state index contributed by atoms with van der Waals surface area (Å²) in [6, 6.07) is 12.9. The number of nitrogen functional groups attached to an aromatic ring is 1. The van der Waals surface area contributed by atoms with Gasteiger partial charge in [-0.1, -0.05) is 32.9 Å². The van der Waals surface area contributed by atoms with Gasteiger partial charge in [-0.05, 0) is 42.2 Å². The number of ether oxygens (including phenoxy) is 2. The second-order valence-corrected chi connectivity index (χ2v) is 6.98. The first-order chi connectivity index (χ1) is 11.7. The molecule has 0 saturated heterocycles. The predicted octanol–water partition coefficient (Wildman–Crippen LogP) is 3.98. The van der Waals surface area contributed by atoms with Crippen LogP contribution in [0.2, 0.25) is 0 Å². The van der Waals surface area contributed by atoms with Crippen LogP contribution >= 0.6 is 0 Å². The van der Waals surface area contributed by atoms with Crippen molar-refractivity contribution in [3.05, 3.63) is 48.0 Å². The number of hydrogen-bond acceptors (Lipinski definition) is 4. The molecule has 1 amide bonds. The fourth-order valence-corrected chi connectivity index (χ4v) is 2.30. The van der Waals surface area contributed by atoms with Gasteiger partial charge in [0.25, 0.3) is 5.91 Å². The summed E-state index contributed by atoms with van der Waals surface area (Å²) in [7, 11) is 1.56. The molecule has 2 aromatic carbocycles. The van der Waals surface area contributed by atoms with E-state index in [9.17, 15) is 4.79 Å². The Bertz CT molecular complexity index is 751. The van der Waals surface area contributed by atoms with Crippen LogP contribution in [0.5, 0.6) is 11.5 Å². The van der Waals surface area contributed by atoms with Crippen LogP contribution in [0, 0.1) is 0 Å². The Morgan fingerprint density at radius 1 is 1.12 bits per heavy atom. The van der Waals surface area contributed by atoms with Crippen molar-refractivity contribution < 1.29 is 14.3 Å². The fraction of sp³-hybridized carbons (Fsp3) is 0.350. The highest BCUT2D eigenvalue weighted by Crippen LogP contribution is 2.27. The zero-order valence-electron chi connectivity index (χ0n) is 15.4. The molecule has 0 saturated carbocycles. The molecule has 0 radical (unpaired) electrons. The van der Waals surface area contributed by atoms with Crippen molar-refractivity contribution >= 4 is 17.3 Å². The molecule has 0 aliphatic rings. The summed E-state index contributed by atoms with van der Waals surface area (Å²) >= 11 is 0. The molecule has 5 heteroatoms. The number of nitrogens with two attached hydrogens (primary N) is 1. The zero-order chi connectivity index (χ0) is 18.6. The van der Waals surface area contributed by atoms with Gasteiger partial charge in [-0.25, -0.2) is 0 Å². The lowest BCUT2D eigenvalue weighted by Gasteiger charge is -2.21. The summed E-state index contributed by atoms with van der Waals surface area (Å²) in [4.78, 5) is 12.4. The van der Waals surface area contributed by atoms with Crippen molar-refractivity contribution in [2.45, 2.75) is 39.2 Å². The molecule has 0 aliphatic carbocycles. The van der Waals surface area contributed by atoms with Gasteiger partial charge in [0.15, 0.2) is 6.10 Å². The van der Waals surface area contributed by atoms with Crippen LogP contribution in [0.4, 0.5) is 11.4 Å². The third-order valence-corrected chi connectivity index (χ3v) is 3.90. The van der Waals surface area contributed by atoms with E-state index < -0.39 is 6.10 Å². The Morgan fingerprint density at radius 2 is 1.84 bits per heavy atom. The summed E-state index contributed by atoms with van der Waals surface area (Å²) in [6.07, 6.45) is -0.666. The van der Waals surface area contributed by atoms with Gasteiger partial charge in [0, 0.05) is 6.07 Å². The van der Waals surface area contributed by atoms with E-state index in [0.717, 1.165) is 5.56 Å². The average molecular weight is 342 g/mol. The van der Waals surface area contributed by atoms with E-state index >= 15 is 0 Å². The molecule has 0 aromatic heterocycles. The van der Waals surface area contributed by atoms with Crippen molar-refractivity contribution in [3.63, 3.8) is 0 Å². The molecule has 0 bridgehead atoms. The van der Waals surface area contributed by atoms with Gasteiger partial charge in [-0.2, -0.15) is 0 Å². The maximum atomic E-state index is 12.4. The summed E-state index contributed by atoms with van der Waals surface area (Å²) in [6.45, 7) is 8.10. The van der Waals surface area contributed by atoms with Crippen molar-refractivity contribution in [1.29, 1.82) is 0 Å². The number of methoxy groups -OCH3 is 1. The minimum atomic E-state index is -0.666. The molecule has 5 nitrogen and oxygen atoms in total. The molecule has 2 aromatic rings. The maximum Gasteiger partial charge on any atom is 0.265 e. The van der Waals surface area contributed by atoms with Gasteiger partial charge in [0.1, 0.15) is 11.5 Å². The second kappa shape index (κ2) is 7.47. The number of anilines is 2. The SMILES string of the molecule is COc1ccc(N)c(NC(=O)C(C)Oc2cccc(C(C)(C)C)c2)c1. The molecule has 0 aliphatic heterocycles. The molecule has 0 heterocycles. The van der Waals surface area contributed by atoms with Crippen molar-refractivity contribution in [3.8, 4) is 11.5 Å². The highest BCUT2D eigenvalue weighted by molar-refractivity contribution is 5.97. The summed E-state index contributed by atoms with van der Waals surface area (Å²) in [5, 5.41) is 2.78. The van der Waals surface area contributed by atoms with Gasteiger partial charge in [-0.15, -0.1) is 0 Å². The third-order valence-electron chi connectivity index (χ3n) is 3.90. The third kappa shape index (κ3) is 4.89. The monoisotopic (exact) mass is 342 g/mol. The predicted molar refractivity (Wildman–Crippen MR) is 101 cm³/mol. The highest BCUT2D eigenvalue weighted by Gasteiger charge is 2.18. The smallest absolute Gasteiger partial charge is 0.265 e. The van der Waals surface area contributed by atoms with Gasteiger partial charge in [0.05, 0.1) is 18.5 Å². The molecule has 0 spiro atoms. The lowest BCUT2D eigenvalue weighted by Crippen LogP contribution is -2.30. The van der Waals surface area contributed by atoms with Crippen molar-refractivity contribution in [1.82, 2.24) is 0 Å². The lowest BCUT2D eigenvalue weighted by atomic mass is 9.87. The molecular formula is C20H26N2O3. The molecule has 2 rings (SSSR count). The number of benzene rings is 2. The first-order valence-corrected chi connectivity index (χ1v) is 8.22. The Morgan fingerprint density at radius 3 is 2.48 bits per heavy atom. The fourth-order valence-electron chi connectivity index (χ4n) is 2.30. The molecule has 1 unspecified atom stereocenters. The summed E-state index contributed by atoms with van der Waals surface area (Å²) < 4.78 is 11.0. The van der Waals surface area contributed by atoms with E-state index in [1.807, 2.05) is 18.2 Å². The first-order valence-electron chi connectivity index (χ1n) is 8.22. The standard InChI is InChI=1S/C20H26N2O3/c1-13(25-16-8-6-7-14(11-16)20(2,3)4)19(23)22-18-12-15(24-5)9-10-17(18)21/h6-13H,21H2,1-5H3,(H,22,23). The Labute approximate surface area is 149 Å². The molecule has 3 N–H and O–H groups in total. The molecular weight excluding hydrogens is 316 g/mol. The van der Waals surface area contributed by atoms with Gasteiger partial charge in [0.2, 0.25) is 0 Å². The van der Waals surface area contributed by atoms with E-state index in [0.29, 0.717) is 22.9 Å². The van der Waals surface area contributed by atoms with Crippen LogP contribution in [-0.4, -0.2) is 19.1 Å². The van der Waals surface area contributed by atoms with Gasteiger partial charge in [-0.3, -0.25) is 4.79 Å². The van der Waals surface area contributed by atoms with Crippen LogP contribution in [-0.2, 0) is 10.2 Å². The van der Waals surface area contributed by atoms with Crippen molar-refractivity contribution in [2.75, 3.05) is 18.2 Å². The summed E-state index contributed by atoms with van der Waals surface area (Å²) in [5.74, 6) is 1.01. The van der Waals surface area contributed by atoms with E-state index in [1.165, 1.54) is 0 Å². The minimum Gasteiger partial charge on any atom is -0.497 e. The topological polar surface area (TPSA) is 73.6 Å². The number of rotatable bonds is 5. The Hall–Kier alpha value is -2.69. The van der Waals surface area contributed by atoms with Gasteiger partial charge < -0.3 is 20.5 Å². The van der Waals surface area contributed by atoms with E-state index in [4.69, 9.17) is 15.2 Å². The maximum absolute atomic E-state index is 12.4. The van der Waals surface area contributed by atoms with Crippen LogP contribution < -0.4 is 20.5 Å². The number of hydrogen-bond donors (Lipinski definition) is 2. The molecule has 25 heavy (non-hydrogen) atoms. The minimum absolute atomic E-state index is 0.0138. The molecule has 1 atom stereocenters. The lowest BCUT2D eigenvalue weighted by molar-refractivity contribution is -0.122. The number of carbonyl (C=O) groups is 1. The Kier molecular flexibility index (Phi) is 5.57. The van der Waals surface area contributed by atoms with Crippen LogP contribution in [0.1, 0.15) is 33.3 Å². The highest BCUT2D eigenvalue weighted by atomic mass is 16.5. The van der Waals surface area contributed by atoms with E-state index in [-0.39, 0.29) is 11.3 Å². The normalized spacial score (nSPS) is 12.4. The van der Waals surface area contributed by atoms with Crippen LogP contribution in [0.15, 0.2) is 42.5 Å². The summed E-state index contributed by atoms with van der Waals surface area (Å²) in [5.41, 5.74) is 8.04. The number of carbonyl (C=O) groups excluding carboxylic acids is 1. The van der Waals surface area contributed by atoms with Crippen LogP contribution in [0.3, 0.4) is 0 Å². The van der Waals surface area contributed by atoms with Crippen LogP contribution in [0.25, 0.3) is 0 Å². The quantitative estimate of drug-likeness (QED) is 0.806. The Balaban J connectivity index is 2.08.